The van der Waals surface area contributed by atoms with Gasteiger partial charge in [-0.15, -0.1) is 11.3 Å². The molecule has 2 amide bonds. The SMILES string of the molecule is O=C(NC(c1ccc2c(c1)CCCC2)c1cccs1)C1=NN(C2CCS(=O)(=O)C2)C(=O)CC1. The van der Waals surface area contributed by atoms with Gasteiger partial charge in [0.25, 0.3) is 5.91 Å². The fourth-order valence-corrected chi connectivity index (χ4v) is 7.40. The summed E-state index contributed by atoms with van der Waals surface area (Å²) in [6, 6.07) is 9.67. The third kappa shape index (κ3) is 4.75. The van der Waals surface area contributed by atoms with Crippen LogP contribution in [0.4, 0.5) is 0 Å². The van der Waals surface area contributed by atoms with Crippen molar-refractivity contribution in [1.29, 1.82) is 0 Å². The summed E-state index contributed by atoms with van der Waals surface area (Å²) in [4.78, 5) is 26.7. The minimum atomic E-state index is -3.16. The van der Waals surface area contributed by atoms with E-state index < -0.39 is 15.9 Å². The second kappa shape index (κ2) is 9.02. The van der Waals surface area contributed by atoms with Crippen molar-refractivity contribution in [2.24, 2.45) is 5.10 Å². The summed E-state index contributed by atoms with van der Waals surface area (Å²) in [5.41, 5.74) is 4.05. The van der Waals surface area contributed by atoms with Gasteiger partial charge in [-0.05, 0) is 60.2 Å². The van der Waals surface area contributed by atoms with E-state index in [1.165, 1.54) is 29.0 Å². The lowest BCUT2D eigenvalue weighted by atomic mass is 9.89. The highest BCUT2D eigenvalue weighted by atomic mass is 32.2. The summed E-state index contributed by atoms with van der Waals surface area (Å²) < 4.78 is 23.8. The largest absolute Gasteiger partial charge is 0.339 e. The Morgan fingerprint density at radius 1 is 1.12 bits per heavy atom. The van der Waals surface area contributed by atoms with Crippen molar-refractivity contribution in [3.8, 4) is 0 Å². The molecule has 1 fully saturated rings. The zero-order valence-corrected chi connectivity index (χ0v) is 20.0. The van der Waals surface area contributed by atoms with Crippen molar-refractivity contribution in [3.63, 3.8) is 0 Å². The van der Waals surface area contributed by atoms with Gasteiger partial charge in [0.1, 0.15) is 5.71 Å². The Hall–Kier alpha value is -2.52. The maximum absolute atomic E-state index is 13.3. The van der Waals surface area contributed by atoms with Gasteiger partial charge in [-0.25, -0.2) is 13.4 Å². The van der Waals surface area contributed by atoms with Gasteiger partial charge < -0.3 is 5.32 Å². The highest BCUT2D eigenvalue weighted by molar-refractivity contribution is 7.91. The van der Waals surface area contributed by atoms with E-state index in [-0.39, 0.29) is 47.9 Å². The first-order valence-electron chi connectivity index (χ1n) is 11.5. The molecule has 2 atom stereocenters. The number of fused-ring (bicyclic) bond motifs is 1. The number of nitrogens with one attached hydrogen (secondary N) is 1. The number of carbonyl (C=O) groups is 2. The highest BCUT2D eigenvalue weighted by Gasteiger charge is 2.37. The molecule has 1 saturated heterocycles. The molecule has 5 rings (SSSR count). The van der Waals surface area contributed by atoms with Crippen LogP contribution >= 0.6 is 11.3 Å². The Balaban J connectivity index is 1.40. The lowest BCUT2D eigenvalue weighted by molar-refractivity contribution is -0.133. The minimum absolute atomic E-state index is 0.0529. The molecule has 1 N–H and O–H groups in total. The molecule has 0 spiro atoms. The highest BCUT2D eigenvalue weighted by Crippen LogP contribution is 2.30. The smallest absolute Gasteiger partial charge is 0.268 e. The zero-order valence-electron chi connectivity index (χ0n) is 18.3. The lowest BCUT2D eigenvalue weighted by Gasteiger charge is -2.28. The number of nitrogens with zero attached hydrogens (tertiary/aromatic N) is 2. The molecular formula is C24H27N3O4S2. The molecule has 0 radical (unpaired) electrons. The number of benzene rings is 1. The van der Waals surface area contributed by atoms with Gasteiger partial charge >= 0.3 is 0 Å². The fourth-order valence-electron chi connectivity index (χ4n) is 4.91. The van der Waals surface area contributed by atoms with Crippen LogP contribution in [-0.4, -0.2) is 48.5 Å². The maximum Gasteiger partial charge on any atom is 0.268 e. The van der Waals surface area contributed by atoms with Gasteiger partial charge in [0.05, 0.1) is 23.6 Å². The Bertz CT molecular complexity index is 1200. The molecule has 3 heterocycles. The molecule has 2 unspecified atom stereocenters. The number of carbonyl (C=O) groups excluding carboxylic acids is 2. The van der Waals surface area contributed by atoms with Gasteiger partial charge in [-0.1, -0.05) is 24.3 Å². The molecule has 3 aliphatic rings. The number of aryl methyl sites for hydroxylation is 2. The number of hydrogen-bond acceptors (Lipinski definition) is 6. The van der Waals surface area contributed by atoms with E-state index in [0.29, 0.717) is 6.42 Å². The monoisotopic (exact) mass is 485 g/mol. The second-order valence-corrected chi connectivity index (χ2v) is 12.2. The lowest BCUT2D eigenvalue weighted by Crippen LogP contribution is -2.44. The number of hydrazone groups is 1. The third-order valence-electron chi connectivity index (χ3n) is 6.69. The molecule has 2 aliphatic heterocycles. The van der Waals surface area contributed by atoms with Gasteiger partial charge in [0.2, 0.25) is 5.91 Å². The average Bonchev–Trinajstić information content (AvgIpc) is 3.47. The van der Waals surface area contributed by atoms with Gasteiger partial charge in [-0.3, -0.25) is 9.59 Å². The van der Waals surface area contributed by atoms with E-state index in [1.807, 2.05) is 17.5 Å². The zero-order chi connectivity index (χ0) is 23.0. The minimum Gasteiger partial charge on any atom is -0.339 e. The van der Waals surface area contributed by atoms with Gasteiger partial charge in [0.15, 0.2) is 9.84 Å². The first kappa shape index (κ1) is 22.3. The summed E-state index contributed by atoms with van der Waals surface area (Å²) in [6.45, 7) is 0. The fraction of sp³-hybridized carbons (Fsp3) is 0.458. The molecule has 0 saturated carbocycles. The van der Waals surface area contributed by atoms with Crippen molar-refractivity contribution in [1.82, 2.24) is 10.3 Å². The van der Waals surface area contributed by atoms with Crippen LogP contribution in [0.25, 0.3) is 0 Å². The summed E-state index contributed by atoms with van der Waals surface area (Å²) in [5.74, 6) is -0.580. The van der Waals surface area contributed by atoms with Crippen molar-refractivity contribution < 1.29 is 18.0 Å². The number of hydrogen-bond donors (Lipinski definition) is 1. The van der Waals surface area contributed by atoms with E-state index in [0.717, 1.165) is 23.3 Å². The summed E-state index contributed by atoms with van der Waals surface area (Å²) >= 11 is 1.59. The molecule has 1 aromatic carbocycles. The maximum atomic E-state index is 13.3. The quantitative estimate of drug-likeness (QED) is 0.704. The van der Waals surface area contributed by atoms with Crippen LogP contribution in [0.15, 0.2) is 40.8 Å². The van der Waals surface area contributed by atoms with E-state index in [4.69, 9.17) is 0 Å². The predicted molar refractivity (Wildman–Crippen MR) is 128 cm³/mol. The van der Waals surface area contributed by atoms with Gasteiger partial charge in [0, 0.05) is 17.7 Å². The average molecular weight is 486 g/mol. The van der Waals surface area contributed by atoms with E-state index in [1.54, 1.807) is 11.3 Å². The molecule has 174 valence electrons. The Labute approximate surface area is 197 Å². The van der Waals surface area contributed by atoms with Crippen LogP contribution in [0.3, 0.4) is 0 Å². The molecular weight excluding hydrogens is 458 g/mol. The molecule has 33 heavy (non-hydrogen) atoms. The standard InChI is InChI=1S/C24H27N3O4S2/c28-22-10-9-20(26-27(22)19-11-13-33(30,31)15-19)24(29)25-23(21-6-3-12-32-21)18-8-7-16-4-1-2-5-17(16)14-18/h3,6-8,12,14,19,23H,1-2,4-5,9-11,13,15H2,(H,25,29). The predicted octanol–water partition coefficient (Wildman–Crippen LogP) is 3.00. The van der Waals surface area contributed by atoms with E-state index in [9.17, 15) is 18.0 Å². The van der Waals surface area contributed by atoms with Crippen molar-refractivity contribution >= 4 is 38.7 Å². The normalized spacial score (nSPS) is 23.0. The van der Waals surface area contributed by atoms with Crippen LogP contribution in [0.5, 0.6) is 0 Å². The molecule has 0 bridgehead atoms. The van der Waals surface area contributed by atoms with Crippen LogP contribution in [-0.2, 0) is 32.3 Å². The van der Waals surface area contributed by atoms with Crippen molar-refractivity contribution in [2.75, 3.05) is 11.5 Å². The number of amides is 2. The number of thiophene rings is 1. The van der Waals surface area contributed by atoms with Crippen molar-refractivity contribution in [2.45, 2.75) is 57.0 Å². The number of sulfone groups is 1. The molecule has 2 aromatic rings. The van der Waals surface area contributed by atoms with Crippen LogP contribution in [0, 0.1) is 0 Å². The second-order valence-electron chi connectivity index (χ2n) is 9.00. The third-order valence-corrected chi connectivity index (χ3v) is 9.37. The summed E-state index contributed by atoms with van der Waals surface area (Å²) in [6.07, 6.45) is 5.33. The number of rotatable bonds is 5. The molecule has 1 aromatic heterocycles. The van der Waals surface area contributed by atoms with Crippen LogP contribution < -0.4 is 5.32 Å². The Kier molecular flexibility index (Phi) is 6.09. The first-order chi connectivity index (χ1) is 15.9. The van der Waals surface area contributed by atoms with Crippen LogP contribution in [0.1, 0.15) is 59.7 Å². The Morgan fingerprint density at radius 3 is 2.67 bits per heavy atom. The topological polar surface area (TPSA) is 95.9 Å². The first-order valence-corrected chi connectivity index (χ1v) is 14.2. The summed E-state index contributed by atoms with van der Waals surface area (Å²) in [7, 11) is -3.16. The Morgan fingerprint density at radius 2 is 1.94 bits per heavy atom. The van der Waals surface area contributed by atoms with Crippen molar-refractivity contribution in [3.05, 3.63) is 57.3 Å². The molecule has 9 heteroatoms. The van der Waals surface area contributed by atoms with E-state index >= 15 is 0 Å². The molecule has 7 nitrogen and oxygen atoms in total. The van der Waals surface area contributed by atoms with Gasteiger partial charge in [-0.2, -0.15) is 5.10 Å². The van der Waals surface area contributed by atoms with Crippen LogP contribution in [0.2, 0.25) is 0 Å². The molecule has 1 aliphatic carbocycles. The van der Waals surface area contributed by atoms with E-state index in [2.05, 4.69) is 28.6 Å². The summed E-state index contributed by atoms with van der Waals surface area (Å²) in [5, 5.41) is 10.7.